The van der Waals surface area contributed by atoms with Gasteiger partial charge in [-0.15, -0.1) is 24.0 Å². The van der Waals surface area contributed by atoms with Crippen molar-refractivity contribution in [1.82, 2.24) is 9.80 Å². The zero-order valence-electron chi connectivity index (χ0n) is 15.0. The van der Waals surface area contributed by atoms with Gasteiger partial charge in [0.15, 0.2) is 5.96 Å². The smallest absolute Gasteiger partial charge is 0.222 e. The second-order valence-electron chi connectivity index (χ2n) is 7.03. The van der Waals surface area contributed by atoms with Crippen molar-refractivity contribution in [2.24, 2.45) is 16.6 Å². The van der Waals surface area contributed by atoms with E-state index < -0.39 is 0 Å². The van der Waals surface area contributed by atoms with Crippen molar-refractivity contribution in [3.8, 4) is 0 Å². The first kappa shape index (κ1) is 20.0. The molecule has 25 heavy (non-hydrogen) atoms. The Kier molecular flexibility index (Phi) is 7.53. The quantitative estimate of drug-likeness (QED) is 0.431. The third kappa shape index (κ3) is 5.33. The van der Waals surface area contributed by atoms with Gasteiger partial charge in [-0.05, 0) is 36.3 Å². The number of carbonyl (C=O) groups excluding carboxylic acids is 1. The maximum Gasteiger partial charge on any atom is 0.222 e. The maximum absolute atomic E-state index is 11.9. The van der Waals surface area contributed by atoms with Crippen LogP contribution in [0.25, 0.3) is 0 Å². The number of aliphatic imine (C=N–C) groups is 1. The fourth-order valence-corrected chi connectivity index (χ4v) is 3.45. The lowest BCUT2D eigenvalue weighted by Gasteiger charge is -2.31. The molecule has 0 radical (unpaired) electrons. The molecule has 0 aliphatic carbocycles. The normalized spacial score (nSPS) is 19.2. The van der Waals surface area contributed by atoms with Crippen LogP contribution >= 0.6 is 24.0 Å². The predicted octanol–water partition coefficient (Wildman–Crippen LogP) is 2.97. The largest absolute Gasteiger partial charge is 0.370 e. The van der Waals surface area contributed by atoms with E-state index >= 15 is 0 Å². The first-order valence-electron chi connectivity index (χ1n) is 9.03. The third-order valence-electron chi connectivity index (χ3n) is 5.17. The van der Waals surface area contributed by atoms with Crippen molar-refractivity contribution in [2.75, 3.05) is 19.6 Å². The Balaban J connectivity index is 0.00000225. The highest BCUT2D eigenvalue weighted by Gasteiger charge is 2.21. The van der Waals surface area contributed by atoms with E-state index in [9.17, 15) is 4.79 Å². The second kappa shape index (κ2) is 9.40. The number of piperidine rings is 1. The molecule has 6 heteroatoms. The number of benzene rings is 1. The van der Waals surface area contributed by atoms with E-state index in [1.54, 1.807) is 0 Å². The summed E-state index contributed by atoms with van der Waals surface area (Å²) in [5.41, 5.74) is 8.52. The van der Waals surface area contributed by atoms with Crippen LogP contribution in [-0.2, 0) is 17.9 Å². The summed E-state index contributed by atoms with van der Waals surface area (Å²) in [6.07, 6.45) is 4.02. The molecule has 1 amide bonds. The lowest BCUT2D eigenvalue weighted by atomic mass is 10.00. The van der Waals surface area contributed by atoms with Crippen molar-refractivity contribution >= 4 is 35.8 Å². The standard InChI is InChI=1S/C19H28N4O.HI/c1-15-8-11-22(12-9-15)19(20)21-13-16-5-2-3-6-17(16)14-23-10-4-7-18(23)24;/h2-3,5-6,15H,4,7-14H2,1H3,(H2,20,21);1H. The molecule has 138 valence electrons. The molecule has 0 saturated carbocycles. The number of carbonyl (C=O) groups is 1. The Bertz CT molecular complexity index is 611. The van der Waals surface area contributed by atoms with Crippen LogP contribution in [0.3, 0.4) is 0 Å². The zero-order chi connectivity index (χ0) is 16.9. The number of hydrogen-bond donors (Lipinski definition) is 1. The summed E-state index contributed by atoms with van der Waals surface area (Å²) >= 11 is 0. The highest BCUT2D eigenvalue weighted by Crippen LogP contribution is 2.19. The van der Waals surface area contributed by atoms with Gasteiger partial charge in [0.1, 0.15) is 0 Å². The Hall–Kier alpha value is -1.31. The summed E-state index contributed by atoms with van der Waals surface area (Å²) in [5, 5.41) is 0. The molecule has 3 rings (SSSR count). The number of amides is 1. The Labute approximate surface area is 167 Å². The van der Waals surface area contributed by atoms with E-state index in [1.165, 1.54) is 18.4 Å². The van der Waals surface area contributed by atoms with E-state index in [1.807, 2.05) is 17.0 Å². The topological polar surface area (TPSA) is 61.9 Å². The van der Waals surface area contributed by atoms with Crippen molar-refractivity contribution < 1.29 is 4.79 Å². The summed E-state index contributed by atoms with van der Waals surface area (Å²) < 4.78 is 0. The maximum atomic E-state index is 11.9. The molecule has 0 atom stereocenters. The van der Waals surface area contributed by atoms with Gasteiger partial charge in [-0.25, -0.2) is 4.99 Å². The first-order chi connectivity index (χ1) is 11.6. The monoisotopic (exact) mass is 456 g/mol. The fraction of sp³-hybridized carbons (Fsp3) is 0.579. The summed E-state index contributed by atoms with van der Waals surface area (Å²) in [5.74, 6) is 1.69. The number of halogens is 1. The van der Waals surface area contributed by atoms with E-state index in [4.69, 9.17) is 5.73 Å². The number of nitrogens with zero attached hydrogens (tertiary/aromatic N) is 3. The Morgan fingerprint density at radius 1 is 1.20 bits per heavy atom. The van der Waals surface area contributed by atoms with Crippen LogP contribution in [0, 0.1) is 5.92 Å². The average Bonchev–Trinajstić information content (AvgIpc) is 2.99. The van der Waals surface area contributed by atoms with Crippen LogP contribution in [0.4, 0.5) is 0 Å². The lowest BCUT2D eigenvalue weighted by molar-refractivity contribution is -0.128. The highest BCUT2D eigenvalue weighted by molar-refractivity contribution is 14.0. The fourth-order valence-electron chi connectivity index (χ4n) is 3.45. The van der Waals surface area contributed by atoms with Crippen LogP contribution in [0.5, 0.6) is 0 Å². The number of hydrogen-bond acceptors (Lipinski definition) is 2. The average molecular weight is 456 g/mol. The van der Waals surface area contributed by atoms with Gasteiger partial charge >= 0.3 is 0 Å². The highest BCUT2D eigenvalue weighted by atomic mass is 127. The second-order valence-corrected chi connectivity index (χ2v) is 7.03. The summed E-state index contributed by atoms with van der Waals surface area (Å²) in [4.78, 5) is 20.6. The number of likely N-dealkylation sites (tertiary alicyclic amines) is 2. The molecule has 2 saturated heterocycles. The van der Waals surface area contributed by atoms with Gasteiger partial charge in [0.05, 0.1) is 6.54 Å². The molecule has 2 aliphatic rings. The number of guanidine groups is 1. The van der Waals surface area contributed by atoms with Gasteiger partial charge in [-0.3, -0.25) is 4.79 Å². The van der Waals surface area contributed by atoms with Gasteiger partial charge in [0.2, 0.25) is 5.91 Å². The lowest BCUT2D eigenvalue weighted by Crippen LogP contribution is -2.42. The molecule has 1 aromatic carbocycles. The van der Waals surface area contributed by atoms with E-state index in [0.717, 1.165) is 37.5 Å². The minimum absolute atomic E-state index is 0. The van der Waals surface area contributed by atoms with Gasteiger partial charge < -0.3 is 15.5 Å². The van der Waals surface area contributed by atoms with Gasteiger partial charge in [-0.1, -0.05) is 31.2 Å². The molecular formula is C19H29IN4O. The van der Waals surface area contributed by atoms with Crippen LogP contribution in [-0.4, -0.2) is 41.3 Å². The molecule has 2 N–H and O–H groups in total. The molecule has 0 bridgehead atoms. The number of rotatable bonds is 4. The van der Waals surface area contributed by atoms with Crippen LogP contribution < -0.4 is 5.73 Å². The molecule has 0 spiro atoms. The van der Waals surface area contributed by atoms with Crippen LogP contribution in [0.1, 0.15) is 43.7 Å². The van der Waals surface area contributed by atoms with E-state index in [0.29, 0.717) is 25.5 Å². The minimum atomic E-state index is 0. The summed E-state index contributed by atoms with van der Waals surface area (Å²) in [7, 11) is 0. The molecule has 2 fully saturated rings. The van der Waals surface area contributed by atoms with Crippen molar-refractivity contribution in [1.29, 1.82) is 0 Å². The summed E-state index contributed by atoms with van der Waals surface area (Å²) in [6, 6.07) is 8.23. The molecule has 0 aromatic heterocycles. The number of nitrogens with two attached hydrogens (primary N) is 1. The minimum Gasteiger partial charge on any atom is -0.370 e. The van der Waals surface area contributed by atoms with Gasteiger partial charge in [0.25, 0.3) is 0 Å². The van der Waals surface area contributed by atoms with E-state index in [2.05, 4.69) is 28.9 Å². The third-order valence-corrected chi connectivity index (χ3v) is 5.17. The van der Waals surface area contributed by atoms with Crippen molar-refractivity contribution in [3.63, 3.8) is 0 Å². The zero-order valence-corrected chi connectivity index (χ0v) is 17.3. The van der Waals surface area contributed by atoms with Crippen LogP contribution in [0.15, 0.2) is 29.3 Å². The van der Waals surface area contributed by atoms with Crippen molar-refractivity contribution in [3.05, 3.63) is 35.4 Å². The molecule has 2 heterocycles. The predicted molar refractivity (Wildman–Crippen MR) is 112 cm³/mol. The van der Waals surface area contributed by atoms with Gasteiger partial charge in [0, 0.05) is 32.6 Å². The molecule has 0 unspecified atom stereocenters. The molecule has 1 aromatic rings. The Morgan fingerprint density at radius 2 is 1.88 bits per heavy atom. The van der Waals surface area contributed by atoms with Crippen molar-refractivity contribution in [2.45, 2.75) is 45.7 Å². The Morgan fingerprint density at radius 3 is 2.52 bits per heavy atom. The molecular weight excluding hydrogens is 427 g/mol. The van der Waals surface area contributed by atoms with E-state index in [-0.39, 0.29) is 29.9 Å². The van der Waals surface area contributed by atoms with Crippen LogP contribution in [0.2, 0.25) is 0 Å². The van der Waals surface area contributed by atoms with Gasteiger partial charge in [-0.2, -0.15) is 0 Å². The first-order valence-corrected chi connectivity index (χ1v) is 9.03. The SMILES string of the molecule is CC1CCN(C(N)=NCc2ccccc2CN2CCCC2=O)CC1.I. The molecule has 2 aliphatic heterocycles. The summed E-state index contributed by atoms with van der Waals surface area (Å²) in [6.45, 7) is 6.42. The molecule has 5 nitrogen and oxygen atoms in total.